The van der Waals surface area contributed by atoms with E-state index in [1.54, 1.807) is 0 Å². The summed E-state index contributed by atoms with van der Waals surface area (Å²) in [7, 11) is 0. The molecule has 0 saturated heterocycles. The van der Waals surface area contributed by atoms with E-state index in [4.69, 9.17) is 21.8 Å². The van der Waals surface area contributed by atoms with Crippen LogP contribution in [-0.4, -0.2) is 26.2 Å². The van der Waals surface area contributed by atoms with Crippen molar-refractivity contribution in [2.24, 2.45) is 11.7 Å². The van der Waals surface area contributed by atoms with Crippen LogP contribution in [-0.2, 0) is 17.7 Å². The lowest BCUT2D eigenvalue weighted by Crippen LogP contribution is -2.29. The van der Waals surface area contributed by atoms with Crippen LogP contribution in [0.3, 0.4) is 0 Å². The normalized spacial score (nSPS) is 15.0. The average molecular weight is 537 g/mol. The van der Waals surface area contributed by atoms with Gasteiger partial charge < -0.3 is 14.7 Å². The number of halogens is 1. The van der Waals surface area contributed by atoms with Crippen LogP contribution in [0.15, 0.2) is 65.1 Å². The van der Waals surface area contributed by atoms with E-state index in [1.165, 1.54) is 4.31 Å². The van der Waals surface area contributed by atoms with Crippen LogP contribution in [0, 0.1) is 12.8 Å². The molecule has 0 radical (unpaired) electrons. The second-order valence-electron chi connectivity index (χ2n) is 9.49. The zero-order valence-corrected chi connectivity index (χ0v) is 21.9. The Morgan fingerprint density at radius 1 is 1.22 bits per heavy atom. The molecule has 37 heavy (non-hydrogen) atoms. The fourth-order valence-electron chi connectivity index (χ4n) is 4.52. The summed E-state index contributed by atoms with van der Waals surface area (Å²) in [6, 6.07) is 18.9. The largest absolute Gasteiger partial charge is 0.755 e. The van der Waals surface area contributed by atoms with Gasteiger partial charge in [0.1, 0.15) is 11.6 Å². The molecule has 7 nitrogen and oxygen atoms in total. The Morgan fingerprint density at radius 3 is 2.54 bits per heavy atom. The van der Waals surface area contributed by atoms with Gasteiger partial charge >= 0.3 is 0 Å². The van der Waals surface area contributed by atoms with Crippen molar-refractivity contribution in [1.82, 2.24) is 4.98 Å². The Bertz CT molecular complexity index is 1450. The number of hydrogen-bond donors (Lipinski definition) is 1. The lowest BCUT2D eigenvalue weighted by molar-refractivity contribution is 0.100. The molecule has 1 fully saturated rings. The maximum Gasteiger partial charge on any atom is 0.253 e. The van der Waals surface area contributed by atoms with Crippen LogP contribution in [0.4, 0.5) is 5.82 Å². The number of carbonyl (C=O) groups excluding carboxylic acids is 1. The Morgan fingerprint density at radius 2 is 1.92 bits per heavy atom. The van der Waals surface area contributed by atoms with Gasteiger partial charge in [-0.25, -0.2) is 0 Å². The predicted octanol–water partition coefficient (Wildman–Crippen LogP) is 5.83. The molecule has 1 aliphatic carbocycles. The zero-order chi connectivity index (χ0) is 26.1. The predicted molar refractivity (Wildman–Crippen MR) is 145 cm³/mol. The van der Waals surface area contributed by atoms with Gasteiger partial charge in [0.15, 0.2) is 0 Å². The first-order valence-electron chi connectivity index (χ1n) is 12.2. The first-order valence-corrected chi connectivity index (χ1v) is 13.7. The number of aryl methyl sites for hydroxylation is 1. The number of nitrogens with zero attached hydrogens (tertiary/aromatic N) is 2. The summed E-state index contributed by atoms with van der Waals surface area (Å²) in [5.41, 5.74) is 9.62. The molecular formula is C28H27ClN3O4S-. The number of aromatic nitrogens is 1. The van der Waals surface area contributed by atoms with Gasteiger partial charge in [-0.2, -0.15) is 4.98 Å². The average Bonchev–Trinajstić information content (AvgIpc) is 3.62. The summed E-state index contributed by atoms with van der Waals surface area (Å²) >= 11 is 4.00. The minimum Gasteiger partial charge on any atom is -0.755 e. The Balaban J connectivity index is 1.57. The highest BCUT2D eigenvalue weighted by atomic mass is 35.5. The highest BCUT2D eigenvalue weighted by Gasteiger charge is 2.29. The van der Waals surface area contributed by atoms with E-state index in [1.807, 2.05) is 67.6 Å². The third kappa shape index (κ3) is 5.56. The van der Waals surface area contributed by atoms with E-state index in [0.717, 1.165) is 29.5 Å². The number of primary amides is 1. The maximum atomic E-state index is 12.5. The van der Waals surface area contributed by atoms with Gasteiger partial charge in [-0.1, -0.05) is 60.2 Å². The van der Waals surface area contributed by atoms with Crippen molar-refractivity contribution < 1.29 is 18.0 Å². The van der Waals surface area contributed by atoms with Gasteiger partial charge in [-0.3, -0.25) is 13.3 Å². The van der Waals surface area contributed by atoms with Gasteiger partial charge in [0.2, 0.25) is 5.71 Å². The van der Waals surface area contributed by atoms with Crippen LogP contribution in [0.2, 0.25) is 0 Å². The zero-order valence-electron chi connectivity index (χ0n) is 20.4. The molecule has 5 rings (SSSR count). The third-order valence-corrected chi connectivity index (χ3v) is 7.85. The molecule has 0 aliphatic heterocycles. The number of pyridine rings is 1. The fourth-order valence-corrected chi connectivity index (χ4v) is 5.31. The first-order chi connectivity index (χ1) is 17.8. The molecular weight excluding hydrogens is 510 g/mol. The summed E-state index contributed by atoms with van der Waals surface area (Å²) in [5, 5.41) is 0.125. The van der Waals surface area contributed by atoms with E-state index in [0.29, 0.717) is 41.3 Å². The molecule has 2 heterocycles. The van der Waals surface area contributed by atoms with Crippen molar-refractivity contribution in [3.05, 3.63) is 82.9 Å². The fraction of sp³-hybridized carbons (Fsp3) is 0.286. The third-order valence-electron chi connectivity index (χ3n) is 6.67. The monoisotopic (exact) mass is 536 g/mol. The second-order valence-corrected chi connectivity index (χ2v) is 10.9. The number of furan rings is 1. The summed E-state index contributed by atoms with van der Waals surface area (Å²) in [5.74, 6) is 0.443. The molecule has 0 bridgehead atoms. The van der Waals surface area contributed by atoms with Crippen molar-refractivity contribution in [3.8, 4) is 11.3 Å². The van der Waals surface area contributed by atoms with Crippen molar-refractivity contribution in [3.63, 3.8) is 0 Å². The Labute approximate surface area is 223 Å². The van der Waals surface area contributed by atoms with E-state index in [9.17, 15) is 13.6 Å². The smallest absolute Gasteiger partial charge is 0.253 e. The molecule has 4 aromatic rings. The Kier molecular flexibility index (Phi) is 7.33. The van der Waals surface area contributed by atoms with Gasteiger partial charge in [0.25, 0.3) is 5.91 Å². The number of alkyl halides is 1. The number of rotatable bonds is 10. The second kappa shape index (κ2) is 10.7. The number of anilines is 1. The Hall–Kier alpha value is -3.20. The molecule has 2 atom stereocenters. The lowest BCUT2D eigenvalue weighted by Gasteiger charge is -2.28. The molecule has 0 spiro atoms. The highest BCUT2D eigenvalue weighted by Crippen LogP contribution is 2.40. The summed E-state index contributed by atoms with van der Waals surface area (Å²) in [6.45, 7) is 2.11. The van der Waals surface area contributed by atoms with Crippen LogP contribution < -0.4 is 10.0 Å². The summed E-state index contributed by atoms with van der Waals surface area (Å²) < 4.78 is 32.1. The standard InChI is InChI=1S/C28H28ClN3O4S/c1-17-7-11-20(12-8-17)25-24(26(30)33)22-16-21(15-18-9-10-18)27(31-28(22)36-25)32(37(34)35)14-13-23(29)19-5-3-2-4-6-19/h2-8,11-12,16,18,23H,9-10,13-15H2,1H3,(H2,30,33)(H,34,35)/p-1. The van der Waals surface area contributed by atoms with Gasteiger partial charge in [0.05, 0.1) is 16.3 Å². The number of nitrogens with two attached hydrogens (primary N) is 1. The van der Waals surface area contributed by atoms with Crippen molar-refractivity contribution in [1.29, 1.82) is 0 Å². The van der Waals surface area contributed by atoms with E-state index >= 15 is 0 Å². The first kappa shape index (κ1) is 25.4. The van der Waals surface area contributed by atoms with E-state index in [2.05, 4.69) is 4.98 Å². The SMILES string of the molecule is Cc1ccc(-c2oc3nc(N(CCC(Cl)c4ccccc4)S(=O)[O-])c(CC4CC4)cc3c2C(N)=O)cc1. The molecule has 2 aromatic heterocycles. The minimum absolute atomic E-state index is 0.142. The maximum absolute atomic E-state index is 12.5. The highest BCUT2D eigenvalue weighted by molar-refractivity contribution is 7.80. The van der Waals surface area contributed by atoms with Gasteiger partial charge in [-0.05, 0) is 55.7 Å². The molecule has 2 N–H and O–H groups in total. The topological polar surface area (TPSA) is 112 Å². The minimum atomic E-state index is -2.59. The molecule has 1 amide bonds. The number of benzene rings is 2. The molecule has 2 unspecified atom stereocenters. The summed E-state index contributed by atoms with van der Waals surface area (Å²) in [4.78, 5) is 17.2. The number of fused-ring (bicyclic) bond motifs is 1. The van der Waals surface area contributed by atoms with Crippen LogP contribution in [0.5, 0.6) is 0 Å². The number of carbonyl (C=O) groups is 1. The van der Waals surface area contributed by atoms with Crippen molar-refractivity contribution >= 4 is 45.7 Å². The van der Waals surface area contributed by atoms with Crippen molar-refractivity contribution in [2.45, 2.75) is 38.0 Å². The van der Waals surface area contributed by atoms with Crippen LogP contribution >= 0.6 is 11.6 Å². The molecule has 192 valence electrons. The molecule has 9 heteroatoms. The molecule has 1 saturated carbocycles. The van der Waals surface area contributed by atoms with Crippen molar-refractivity contribution in [2.75, 3.05) is 10.8 Å². The van der Waals surface area contributed by atoms with Crippen LogP contribution in [0.1, 0.15) is 51.7 Å². The van der Waals surface area contributed by atoms with E-state index in [-0.39, 0.29) is 23.2 Å². The quantitative estimate of drug-likeness (QED) is 0.202. The van der Waals surface area contributed by atoms with E-state index < -0.39 is 17.2 Å². The van der Waals surface area contributed by atoms with Gasteiger partial charge in [-0.15, -0.1) is 11.6 Å². The number of hydrogen-bond acceptors (Lipinski definition) is 5. The van der Waals surface area contributed by atoms with Gasteiger partial charge in [0, 0.05) is 23.4 Å². The molecule has 2 aromatic carbocycles. The number of amides is 1. The van der Waals surface area contributed by atoms with Crippen LogP contribution in [0.25, 0.3) is 22.4 Å². The summed E-state index contributed by atoms with van der Waals surface area (Å²) in [6.07, 6.45) is 3.18. The molecule has 1 aliphatic rings. The lowest BCUT2D eigenvalue weighted by atomic mass is 10.0.